The zero-order chi connectivity index (χ0) is 15.5. The number of morpholine rings is 1. The molecule has 22 heavy (non-hydrogen) atoms. The summed E-state index contributed by atoms with van der Waals surface area (Å²) in [5.74, 6) is 0.402. The lowest BCUT2D eigenvalue weighted by Crippen LogP contribution is -2.38. The number of ether oxygens (including phenoxy) is 1. The average molecular weight is 302 g/mol. The summed E-state index contributed by atoms with van der Waals surface area (Å²) in [7, 11) is 1.72. The number of hydrogen-bond donors (Lipinski definition) is 1. The van der Waals surface area contributed by atoms with Gasteiger partial charge in [-0.3, -0.25) is 4.79 Å². The molecular formula is C15H18N4O3. The molecule has 116 valence electrons. The van der Waals surface area contributed by atoms with Crippen molar-refractivity contribution >= 4 is 28.6 Å². The van der Waals surface area contributed by atoms with Crippen molar-refractivity contribution in [3.63, 3.8) is 0 Å². The van der Waals surface area contributed by atoms with Crippen LogP contribution in [0, 0.1) is 0 Å². The number of benzene rings is 1. The largest absolute Gasteiger partial charge is 0.480 e. The molecule has 1 aliphatic heterocycles. The first kappa shape index (κ1) is 14.5. The Hall–Kier alpha value is -2.41. The highest BCUT2D eigenvalue weighted by molar-refractivity contribution is 5.82. The lowest BCUT2D eigenvalue weighted by atomic mass is 10.3. The minimum atomic E-state index is -0.898. The zero-order valence-corrected chi connectivity index (χ0v) is 12.4. The summed E-state index contributed by atoms with van der Waals surface area (Å²) in [6.07, 6.45) is 0. The molecule has 0 unspecified atom stereocenters. The lowest BCUT2D eigenvalue weighted by Gasteiger charge is -2.31. The van der Waals surface area contributed by atoms with Crippen LogP contribution in [-0.4, -0.2) is 60.9 Å². The number of para-hydroxylation sites is 2. The Kier molecular flexibility index (Phi) is 4.06. The first-order valence-electron chi connectivity index (χ1n) is 7.17. The number of carbonyl (C=O) groups is 1. The van der Waals surface area contributed by atoms with Gasteiger partial charge in [-0.05, 0) is 12.1 Å². The normalized spacial score (nSPS) is 15.0. The number of carboxylic acid groups (broad SMARTS) is 1. The van der Waals surface area contributed by atoms with Gasteiger partial charge in [0.1, 0.15) is 6.54 Å². The molecule has 1 aromatic carbocycles. The molecule has 1 N–H and O–H groups in total. The van der Waals surface area contributed by atoms with Crippen molar-refractivity contribution in [2.75, 3.05) is 49.7 Å². The number of hydrogen-bond acceptors (Lipinski definition) is 6. The molecular weight excluding hydrogens is 284 g/mol. The molecule has 0 aliphatic carbocycles. The van der Waals surface area contributed by atoms with Gasteiger partial charge in [0.2, 0.25) is 0 Å². The summed E-state index contributed by atoms with van der Waals surface area (Å²) in [6, 6.07) is 7.60. The molecule has 1 aromatic heterocycles. The maximum Gasteiger partial charge on any atom is 0.323 e. The molecule has 0 amide bonds. The minimum Gasteiger partial charge on any atom is -0.480 e. The topological polar surface area (TPSA) is 78.8 Å². The number of aliphatic carboxylic acids is 1. The maximum atomic E-state index is 11.0. The van der Waals surface area contributed by atoms with E-state index in [1.807, 2.05) is 24.3 Å². The second-order valence-electron chi connectivity index (χ2n) is 5.21. The summed E-state index contributed by atoms with van der Waals surface area (Å²) in [5, 5.41) is 9.04. The van der Waals surface area contributed by atoms with Crippen LogP contribution in [0.5, 0.6) is 0 Å². The van der Waals surface area contributed by atoms with Gasteiger partial charge in [-0.25, -0.2) is 9.97 Å². The van der Waals surface area contributed by atoms with Crippen LogP contribution in [0.2, 0.25) is 0 Å². The summed E-state index contributed by atoms with van der Waals surface area (Å²) < 4.78 is 5.38. The van der Waals surface area contributed by atoms with Crippen LogP contribution in [0.15, 0.2) is 24.3 Å². The van der Waals surface area contributed by atoms with Crippen LogP contribution in [0.4, 0.5) is 11.6 Å². The molecule has 1 saturated heterocycles. The van der Waals surface area contributed by atoms with Gasteiger partial charge < -0.3 is 19.6 Å². The molecule has 0 atom stereocenters. The summed E-state index contributed by atoms with van der Waals surface area (Å²) in [5.41, 5.74) is 1.56. The summed E-state index contributed by atoms with van der Waals surface area (Å²) in [4.78, 5) is 24.0. The van der Waals surface area contributed by atoms with Crippen LogP contribution in [0.25, 0.3) is 11.0 Å². The number of nitrogens with zero attached hydrogens (tertiary/aromatic N) is 4. The molecule has 0 radical (unpaired) electrons. The van der Waals surface area contributed by atoms with Crippen LogP contribution in [-0.2, 0) is 9.53 Å². The van der Waals surface area contributed by atoms with Gasteiger partial charge >= 0.3 is 5.97 Å². The second-order valence-corrected chi connectivity index (χ2v) is 5.21. The molecule has 0 spiro atoms. The predicted molar refractivity (Wildman–Crippen MR) is 83.5 cm³/mol. The van der Waals surface area contributed by atoms with Crippen LogP contribution >= 0.6 is 0 Å². The molecule has 7 nitrogen and oxygen atoms in total. The van der Waals surface area contributed by atoms with E-state index in [-0.39, 0.29) is 6.54 Å². The Balaban J connectivity index is 2.06. The van der Waals surface area contributed by atoms with Crippen LogP contribution < -0.4 is 9.80 Å². The Labute approximate surface area is 128 Å². The van der Waals surface area contributed by atoms with Crippen molar-refractivity contribution in [3.8, 4) is 0 Å². The van der Waals surface area contributed by atoms with E-state index < -0.39 is 5.97 Å². The molecule has 3 rings (SSSR count). The molecule has 2 aromatic rings. The molecule has 1 fully saturated rings. The van der Waals surface area contributed by atoms with Crippen molar-refractivity contribution < 1.29 is 14.6 Å². The Bertz CT molecular complexity index is 686. The van der Waals surface area contributed by atoms with Crippen molar-refractivity contribution in [3.05, 3.63) is 24.3 Å². The van der Waals surface area contributed by atoms with Crippen LogP contribution in [0.1, 0.15) is 0 Å². The minimum absolute atomic E-state index is 0.121. The van der Waals surface area contributed by atoms with Gasteiger partial charge in [-0.15, -0.1) is 0 Å². The van der Waals surface area contributed by atoms with Gasteiger partial charge in [-0.1, -0.05) is 12.1 Å². The highest BCUT2D eigenvalue weighted by Crippen LogP contribution is 2.27. The highest BCUT2D eigenvalue weighted by atomic mass is 16.5. The van der Waals surface area contributed by atoms with Crippen LogP contribution in [0.3, 0.4) is 0 Å². The Morgan fingerprint density at radius 2 is 1.91 bits per heavy atom. The predicted octanol–water partition coefficient (Wildman–Crippen LogP) is 0.987. The van der Waals surface area contributed by atoms with E-state index >= 15 is 0 Å². The van der Waals surface area contributed by atoms with Crippen molar-refractivity contribution in [1.29, 1.82) is 0 Å². The number of anilines is 2. The van der Waals surface area contributed by atoms with E-state index in [0.29, 0.717) is 24.8 Å². The average Bonchev–Trinajstić information content (AvgIpc) is 2.54. The number of rotatable bonds is 4. The van der Waals surface area contributed by atoms with Crippen molar-refractivity contribution in [2.24, 2.45) is 0 Å². The third-order valence-electron chi connectivity index (χ3n) is 3.58. The first-order valence-corrected chi connectivity index (χ1v) is 7.17. The summed E-state index contributed by atoms with van der Waals surface area (Å²) in [6.45, 7) is 2.60. The Morgan fingerprint density at radius 1 is 1.27 bits per heavy atom. The van der Waals surface area contributed by atoms with Crippen molar-refractivity contribution in [2.45, 2.75) is 0 Å². The quantitative estimate of drug-likeness (QED) is 0.902. The lowest BCUT2D eigenvalue weighted by molar-refractivity contribution is -0.135. The van der Waals surface area contributed by atoms with E-state index in [4.69, 9.17) is 14.8 Å². The monoisotopic (exact) mass is 302 g/mol. The van der Waals surface area contributed by atoms with Gasteiger partial charge in [0.25, 0.3) is 0 Å². The van der Waals surface area contributed by atoms with E-state index in [1.165, 1.54) is 0 Å². The second kappa shape index (κ2) is 6.15. The SMILES string of the molecule is CN(CC(=O)O)c1nc2ccccc2nc1N1CCOCC1. The van der Waals surface area contributed by atoms with E-state index in [0.717, 1.165) is 24.1 Å². The third kappa shape index (κ3) is 2.94. The summed E-state index contributed by atoms with van der Waals surface area (Å²) >= 11 is 0. The van der Waals surface area contributed by atoms with Crippen molar-refractivity contribution in [1.82, 2.24) is 9.97 Å². The maximum absolute atomic E-state index is 11.0. The fraction of sp³-hybridized carbons (Fsp3) is 0.400. The van der Waals surface area contributed by atoms with Gasteiger partial charge in [0, 0.05) is 20.1 Å². The zero-order valence-electron chi connectivity index (χ0n) is 12.4. The van der Waals surface area contributed by atoms with Gasteiger partial charge in [-0.2, -0.15) is 0 Å². The number of likely N-dealkylation sites (N-methyl/N-ethyl adjacent to an activating group) is 1. The molecule has 7 heteroatoms. The standard InChI is InChI=1S/C15H18N4O3/c1-18(10-13(20)21)14-15(19-6-8-22-9-7-19)17-12-5-3-2-4-11(12)16-14/h2-5H,6-10H2,1H3,(H,20,21). The molecule has 0 saturated carbocycles. The highest BCUT2D eigenvalue weighted by Gasteiger charge is 2.21. The number of fused-ring (bicyclic) bond motifs is 1. The van der Waals surface area contributed by atoms with Gasteiger partial charge in [0.05, 0.1) is 24.2 Å². The third-order valence-corrected chi connectivity index (χ3v) is 3.58. The smallest absolute Gasteiger partial charge is 0.323 e. The first-order chi connectivity index (χ1) is 10.6. The van der Waals surface area contributed by atoms with E-state index in [9.17, 15) is 4.79 Å². The van der Waals surface area contributed by atoms with E-state index in [1.54, 1.807) is 11.9 Å². The molecule has 0 bridgehead atoms. The van der Waals surface area contributed by atoms with E-state index in [2.05, 4.69) is 9.88 Å². The molecule has 2 heterocycles. The Morgan fingerprint density at radius 3 is 2.55 bits per heavy atom. The fourth-order valence-corrected chi connectivity index (χ4v) is 2.50. The fourth-order valence-electron chi connectivity index (χ4n) is 2.50. The number of aromatic nitrogens is 2. The molecule has 1 aliphatic rings. The number of carboxylic acids is 1. The van der Waals surface area contributed by atoms with Gasteiger partial charge in [0.15, 0.2) is 11.6 Å².